The van der Waals surface area contributed by atoms with Gasteiger partial charge in [0, 0.05) is 16.3 Å². The molecule has 1 aromatic heterocycles. The van der Waals surface area contributed by atoms with Crippen molar-refractivity contribution < 1.29 is 4.42 Å². The molecule has 0 radical (unpaired) electrons. The second-order valence-corrected chi connectivity index (χ2v) is 5.43. The molecule has 3 aromatic rings. The predicted octanol–water partition coefficient (Wildman–Crippen LogP) is 4.43. The molecule has 0 unspecified atom stereocenters. The lowest BCUT2D eigenvalue weighted by Crippen LogP contribution is -2.36. The van der Waals surface area contributed by atoms with E-state index < -0.39 is 0 Å². The van der Waals surface area contributed by atoms with E-state index in [0.717, 1.165) is 17.7 Å². The van der Waals surface area contributed by atoms with Crippen LogP contribution >= 0.6 is 0 Å². The van der Waals surface area contributed by atoms with Crippen molar-refractivity contribution in [1.82, 2.24) is 5.32 Å². The molecule has 0 fully saturated rings. The van der Waals surface area contributed by atoms with Crippen LogP contribution in [0.25, 0.3) is 21.9 Å². The van der Waals surface area contributed by atoms with E-state index in [2.05, 4.69) is 50.4 Å². The van der Waals surface area contributed by atoms with Gasteiger partial charge in [-0.3, -0.25) is 0 Å². The Hall–Kier alpha value is -1.80. The number of hydrogen-bond acceptors (Lipinski definition) is 2. The molecule has 1 heterocycles. The van der Waals surface area contributed by atoms with E-state index in [-0.39, 0.29) is 5.54 Å². The van der Waals surface area contributed by atoms with Crippen LogP contribution in [0.4, 0.5) is 0 Å². The van der Waals surface area contributed by atoms with E-state index in [9.17, 15) is 0 Å². The third kappa shape index (κ3) is 1.92. The topological polar surface area (TPSA) is 25.2 Å². The summed E-state index contributed by atoms with van der Waals surface area (Å²) in [6.07, 6.45) is 0. The third-order valence-electron chi connectivity index (χ3n) is 3.69. The first-order chi connectivity index (χ1) is 9.13. The van der Waals surface area contributed by atoms with E-state index in [0.29, 0.717) is 0 Å². The van der Waals surface area contributed by atoms with Gasteiger partial charge in [-0.2, -0.15) is 0 Å². The number of fused-ring (bicyclic) bond motifs is 3. The van der Waals surface area contributed by atoms with Gasteiger partial charge < -0.3 is 9.73 Å². The van der Waals surface area contributed by atoms with Crippen LogP contribution in [0.5, 0.6) is 0 Å². The molecule has 19 heavy (non-hydrogen) atoms. The molecule has 0 aliphatic carbocycles. The molecule has 0 saturated carbocycles. The number of benzene rings is 2. The second-order valence-electron chi connectivity index (χ2n) is 5.43. The quantitative estimate of drug-likeness (QED) is 0.747. The number of furan rings is 1. The number of nitrogens with one attached hydrogen (secondary N) is 1. The Morgan fingerprint density at radius 2 is 1.74 bits per heavy atom. The van der Waals surface area contributed by atoms with Crippen molar-refractivity contribution in [3.05, 3.63) is 48.0 Å². The highest BCUT2D eigenvalue weighted by Gasteiger charge is 2.23. The largest absolute Gasteiger partial charge is 0.456 e. The molecule has 2 nitrogen and oxygen atoms in total. The Morgan fingerprint density at radius 3 is 2.53 bits per heavy atom. The van der Waals surface area contributed by atoms with Crippen LogP contribution < -0.4 is 5.32 Å². The molecule has 0 amide bonds. The van der Waals surface area contributed by atoms with Gasteiger partial charge in [-0.1, -0.05) is 37.3 Å². The second kappa shape index (κ2) is 4.39. The standard InChI is InChI=1S/C17H19NO/c1-4-18-17(2,3)13-9-7-11-15-16(13)12-8-5-6-10-14(12)19-15/h5-11,18H,4H2,1-3H3. The smallest absolute Gasteiger partial charge is 0.135 e. The van der Waals surface area contributed by atoms with E-state index in [1.165, 1.54) is 16.3 Å². The average molecular weight is 253 g/mol. The fourth-order valence-electron chi connectivity index (χ4n) is 2.83. The van der Waals surface area contributed by atoms with Crippen molar-refractivity contribution in [2.24, 2.45) is 0 Å². The van der Waals surface area contributed by atoms with Gasteiger partial charge in [0.15, 0.2) is 0 Å². The Kier molecular flexibility index (Phi) is 2.83. The molecule has 0 aliphatic rings. The summed E-state index contributed by atoms with van der Waals surface area (Å²) in [5.74, 6) is 0. The first-order valence-electron chi connectivity index (χ1n) is 6.79. The van der Waals surface area contributed by atoms with Gasteiger partial charge >= 0.3 is 0 Å². The molecule has 0 spiro atoms. The Labute approximate surface area is 113 Å². The maximum atomic E-state index is 5.94. The molecule has 0 bridgehead atoms. The van der Waals surface area contributed by atoms with E-state index in [1.54, 1.807) is 0 Å². The zero-order chi connectivity index (χ0) is 13.5. The lowest BCUT2D eigenvalue weighted by molar-refractivity contribution is 0.419. The summed E-state index contributed by atoms with van der Waals surface area (Å²) in [4.78, 5) is 0. The summed E-state index contributed by atoms with van der Waals surface area (Å²) in [6, 6.07) is 14.5. The highest BCUT2D eigenvalue weighted by Crippen LogP contribution is 2.35. The molecule has 0 saturated heterocycles. The summed E-state index contributed by atoms with van der Waals surface area (Å²) in [6.45, 7) is 7.51. The Balaban J connectivity index is 2.36. The van der Waals surface area contributed by atoms with Gasteiger partial charge in [-0.15, -0.1) is 0 Å². The summed E-state index contributed by atoms with van der Waals surface area (Å²) < 4.78 is 5.94. The molecule has 0 atom stereocenters. The van der Waals surface area contributed by atoms with Gasteiger partial charge in [-0.25, -0.2) is 0 Å². The minimum Gasteiger partial charge on any atom is -0.456 e. The van der Waals surface area contributed by atoms with Gasteiger partial charge in [0.25, 0.3) is 0 Å². The highest BCUT2D eigenvalue weighted by molar-refractivity contribution is 6.07. The first-order valence-corrected chi connectivity index (χ1v) is 6.79. The summed E-state index contributed by atoms with van der Waals surface area (Å²) in [7, 11) is 0. The van der Waals surface area contributed by atoms with E-state index in [1.807, 2.05) is 18.2 Å². The SMILES string of the molecule is CCNC(C)(C)c1cccc2oc3ccccc3c12. The Morgan fingerprint density at radius 1 is 1.00 bits per heavy atom. The van der Waals surface area contributed by atoms with Crippen LogP contribution in [-0.2, 0) is 5.54 Å². The zero-order valence-corrected chi connectivity index (χ0v) is 11.7. The van der Waals surface area contributed by atoms with Crippen molar-refractivity contribution in [3.63, 3.8) is 0 Å². The fraction of sp³-hybridized carbons (Fsp3) is 0.294. The van der Waals surface area contributed by atoms with Crippen molar-refractivity contribution >= 4 is 21.9 Å². The van der Waals surface area contributed by atoms with Gasteiger partial charge in [0.2, 0.25) is 0 Å². The van der Waals surface area contributed by atoms with E-state index in [4.69, 9.17) is 4.42 Å². The molecular formula is C17H19NO. The molecule has 0 aliphatic heterocycles. The molecule has 3 rings (SSSR count). The number of para-hydroxylation sites is 1. The minimum atomic E-state index is -0.0685. The fourth-order valence-corrected chi connectivity index (χ4v) is 2.83. The maximum Gasteiger partial charge on any atom is 0.135 e. The zero-order valence-electron chi connectivity index (χ0n) is 11.7. The third-order valence-corrected chi connectivity index (χ3v) is 3.69. The van der Waals surface area contributed by atoms with Gasteiger partial charge in [-0.05, 0) is 38.1 Å². The average Bonchev–Trinajstić information content (AvgIpc) is 2.76. The lowest BCUT2D eigenvalue weighted by atomic mass is 9.90. The minimum absolute atomic E-state index is 0.0685. The van der Waals surface area contributed by atoms with Gasteiger partial charge in [0.05, 0.1) is 0 Å². The predicted molar refractivity (Wildman–Crippen MR) is 80.4 cm³/mol. The summed E-state index contributed by atoms with van der Waals surface area (Å²) in [5.41, 5.74) is 3.14. The number of hydrogen-bond donors (Lipinski definition) is 1. The summed E-state index contributed by atoms with van der Waals surface area (Å²) >= 11 is 0. The van der Waals surface area contributed by atoms with Crippen molar-refractivity contribution in [2.75, 3.05) is 6.54 Å². The maximum absolute atomic E-state index is 5.94. The molecule has 2 heteroatoms. The monoisotopic (exact) mass is 253 g/mol. The molecular weight excluding hydrogens is 234 g/mol. The number of rotatable bonds is 3. The molecule has 98 valence electrons. The first kappa shape index (κ1) is 12.2. The Bertz CT molecular complexity index is 724. The van der Waals surface area contributed by atoms with Gasteiger partial charge in [0.1, 0.15) is 11.2 Å². The summed E-state index contributed by atoms with van der Waals surface area (Å²) in [5, 5.41) is 5.96. The van der Waals surface area contributed by atoms with Crippen LogP contribution in [0.1, 0.15) is 26.3 Å². The molecule has 2 aromatic carbocycles. The van der Waals surface area contributed by atoms with Crippen LogP contribution in [-0.4, -0.2) is 6.54 Å². The lowest BCUT2D eigenvalue weighted by Gasteiger charge is -2.27. The normalized spacial score (nSPS) is 12.4. The molecule has 1 N–H and O–H groups in total. The van der Waals surface area contributed by atoms with Crippen molar-refractivity contribution in [1.29, 1.82) is 0 Å². The van der Waals surface area contributed by atoms with Crippen LogP contribution in [0.2, 0.25) is 0 Å². The van der Waals surface area contributed by atoms with Crippen LogP contribution in [0.15, 0.2) is 46.9 Å². The highest BCUT2D eigenvalue weighted by atomic mass is 16.3. The van der Waals surface area contributed by atoms with Crippen LogP contribution in [0.3, 0.4) is 0 Å². The van der Waals surface area contributed by atoms with E-state index >= 15 is 0 Å². The van der Waals surface area contributed by atoms with Crippen LogP contribution in [0, 0.1) is 0 Å². The van der Waals surface area contributed by atoms with Crippen molar-refractivity contribution in [3.8, 4) is 0 Å². The van der Waals surface area contributed by atoms with Crippen molar-refractivity contribution in [2.45, 2.75) is 26.3 Å².